The van der Waals surface area contributed by atoms with Crippen molar-refractivity contribution in [2.24, 2.45) is 12.8 Å². The summed E-state index contributed by atoms with van der Waals surface area (Å²) in [7, 11) is 1.69. The molecule has 0 atom stereocenters. The van der Waals surface area contributed by atoms with Crippen molar-refractivity contribution in [3.05, 3.63) is 18.0 Å². The van der Waals surface area contributed by atoms with E-state index >= 15 is 0 Å². The first-order valence-electron chi connectivity index (χ1n) is 3.74. The van der Waals surface area contributed by atoms with Crippen LogP contribution in [0.5, 0.6) is 0 Å². The van der Waals surface area contributed by atoms with Crippen molar-refractivity contribution in [2.75, 3.05) is 5.32 Å². The number of aromatic nitrogens is 1. The summed E-state index contributed by atoms with van der Waals surface area (Å²) in [5, 5.41) is 2.55. The Morgan fingerprint density at radius 2 is 2.15 bits per heavy atom. The SMILES string of the molecule is CC(=O)Nc1cc(C(N)=O)n(C)c1. The first-order valence-corrected chi connectivity index (χ1v) is 3.74. The lowest BCUT2D eigenvalue weighted by atomic mass is 10.4. The van der Waals surface area contributed by atoms with E-state index in [1.54, 1.807) is 17.8 Å². The van der Waals surface area contributed by atoms with Gasteiger partial charge in [-0.2, -0.15) is 0 Å². The van der Waals surface area contributed by atoms with Gasteiger partial charge in [-0.15, -0.1) is 0 Å². The van der Waals surface area contributed by atoms with E-state index in [1.165, 1.54) is 13.0 Å². The largest absolute Gasteiger partial charge is 0.364 e. The predicted molar refractivity (Wildman–Crippen MR) is 48.2 cm³/mol. The zero-order valence-electron chi connectivity index (χ0n) is 7.50. The lowest BCUT2D eigenvalue weighted by Gasteiger charge is -1.94. The first kappa shape index (κ1) is 9.31. The van der Waals surface area contributed by atoms with Gasteiger partial charge in [-0.3, -0.25) is 9.59 Å². The van der Waals surface area contributed by atoms with Crippen LogP contribution in [0.15, 0.2) is 12.3 Å². The van der Waals surface area contributed by atoms with Gasteiger partial charge in [-0.05, 0) is 6.07 Å². The summed E-state index contributed by atoms with van der Waals surface area (Å²) in [6, 6.07) is 1.53. The third kappa shape index (κ3) is 2.08. The fraction of sp³-hybridized carbons (Fsp3) is 0.250. The molecule has 0 saturated carbocycles. The minimum absolute atomic E-state index is 0.179. The minimum Gasteiger partial charge on any atom is -0.364 e. The number of anilines is 1. The molecule has 1 aromatic heterocycles. The molecule has 0 fully saturated rings. The molecule has 3 N–H and O–H groups in total. The smallest absolute Gasteiger partial charge is 0.265 e. The average Bonchev–Trinajstić information content (AvgIpc) is 2.29. The molecule has 5 heteroatoms. The number of nitrogens with two attached hydrogens (primary N) is 1. The number of carbonyl (C=O) groups is 2. The van der Waals surface area contributed by atoms with Crippen LogP contribution >= 0.6 is 0 Å². The van der Waals surface area contributed by atoms with Crippen molar-refractivity contribution in [3.63, 3.8) is 0 Å². The molecular weight excluding hydrogens is 170 g/mol. The molecule has 1 aromatic rings. The molecule has 0 radical (unpaired) electrons. The second-order valence-corrected chi connectivity index (χ2v) is 2.77. The molecule has 2 amide bonds. The fourth-order valence-corrected chi connectivity index (χ4v) is 1.08. The number of nitrogens with zero attached hydrogens (tertiary/aromatic N) is 1. The maximum atomic E-state index is 10.8. The standard InChI is InChI=1S/C8H11N3O2/c1-5(12)10-6-3-7(8(9)13)11(2)4-6/h3-4H,1-2H3,(H2,9,13)(H,10,12). The highest BCUT2D eigenvalue weighted by atomic mass is 16.1. The lowest BCUT2D eigenvalue weighted by molar-refractivity contribution is -0.114. The highest BCUT2D eigenvalue weighted by Gasteiger charge is 2.08. The van der Waals surface area contributed by atoms with Crippen LogP contribution < -0.4 is 11.1 Å². The normalized spacial score (nSPS) is 9.69. The monoisotopic (exact) mass is 181 g/mol. The van der Waals surface area contributed by atoms with E-state index in [-0.39, 0.29) is 5.91 Å². The average molecular weight is 181 g/mol. The Morgan fingerprint density at radius 3 is 2.54 bits per heavy atom. The van der Waals surface area contributed by atoms with Crippen molar-refractivity contribution >= 4 is 17.5 Å². The predicted octanol–water partition coefficient (Wildman–Crippen LogP) is 0.0824. The molecule has 0 unspecified atom stereocenters. The summed E-state index contributed by atoms with van der Waals surface area (Å²) in [5.74, 6) is -0.694. The van der Waals surface area contributed by atoms with Gasteiger partial charge in [-0.25, -0.2) is 0 Å². The minimum atomic E-state index is -0.515. The van der Waals surface area contributed by atoms with Gasteiger partial charge in [0, 0.05) is 20.2 Å². The first-order chi connectivity index (χ1) is 6.00. The summed E-state index contributed by atoms with van der Waals surface area (Å²) >= 11 is 0. The van der Waals surface area contributed by atoms with Crippen molar-refractivity contribution in [1.82, 2.24) is 4.57 Å². The quantitative estimate of drug-likeness (QED) is 0.677. The van der Waals surface area contributed by atoms with Crippen molar-refractivity contribution < 1.29 is 9.59 Å². The van der Waals surface area contributed by atoms with Crippen molar-refractivity contribution in [3.8, 4) is 0 Å². The van der Waals surface area contributed by atoms with Gasteiger partial charge in [-0.1, -0.05) is 0 Å². The lowest BCUT2D eigenvalue weighted by Crippen LogP contribution is -2.14. The molecule has 0 aliphatic carbocycles. The number of hydrogen-bond donors (Lipinski definition) is 2. The van der Waals surface area contributed by atoms with Crippen LogP contribution in [-0.4, -0.2) is 16.4 Å². The maximum Gasteiger partial charge on any atom is 0.265 e. The van der Waals surface area contributed by atoms with Gasteiger partial charge < -0.3 is 15.6 Å². The Labute approximate surface area is 75.5 Å². The maximum absolute atomic E-state index is 10.8. The zero-order valence-corrected chi connectivity index (χ0v) is 7.50. The Balaban J connectivity index is 2.95. The number of carbonyl (C=O) groups excluding carboxylic acids is 2. The van der Waals surface area contributed by atoms with E-state index in [0.717, 1.165) is 0 Å². The molecule has 0 aliphatic rings. The Bertz CT molecular complexity index is 354. The molecule has 13 heavy (non-hydrogen) atoms. The molecule has 5 nitrogen and oxygen atoms in total. The number of amides is 2. The Morgan fingerprint density at radius 1 is 1.54 bits per heavy atom. The molecule has 1 rings (SSSR count). The zero-order chi connectivity index (χ0) is 10.0. The van der Waals surface area contributed by atoms with E-state index < -0.39 is 5.91 Å². The third-order valence-corrected chi connectivity index (χ3v) is 1.58. The van der Waals surface area contributed by atoms with E-state index in [2.05, 4.69) is 5.32 Å². The molecule has 70 valence electrons. The van der Waals surface area contributed by atoms with Gasteiger partial charge in [0.15, 0.2) is 0 Å². The van der Waals surface area contributed by atoms with Gasteiger partial charge >= 0.3 is 0 Å². The van der Waals surface area contributed by atoms with Crippen LogP contribution in [0, 0.1) is 0 Å². The summed E-state index contributed by atoms with van der Waals surface area (Å²) in [6.45, 7) is 1.40. The van der Waals surface area contributed by atoms with E-state index in [4.69, 9.17) is 5.73 Å². The van der Waals surface area contributed by atoms with Gasteiger partial charge in [0.1, 0.15) is 5.69 Å². The summed E-state index contributed by atoms with van der Waals surface area (Å²) in [4.78, 5) is 21.5. The second kappa shape index (κ2) is 3.30. The van der Waals surface area contributed by atoms with Crippen molar-refractivity contribution in [2.45, 2.75) is 6.92 Å². The number of primary amides is 1. The highest BCUT2D eigenvalue weighted by molar-refractivity contribution is 5.95. The molecule has 1 heterocycles. The molecular formula is C8H11N3O2. The number of hydrogen-bond acceptors (Lipinski definition) is 2. The second-order valence-electron chi connectivity index (χ2n) is 2.77. The van der Waals surface area contributed by atoms with Crippen LogP contribution in [0.4, 0.5) is 5.69 Å². The van der Waals surface area contributed by atoms with E-state index in [9.17, 15) is 9.59 Å². The molecule has 0 saturated heterocycles. The summed E-state index contributed by atoms with van der Waals surface area (Å²) in [5.41, 5.74) is 6.02. The van der Waals surface area contributed by atoms with Crippen LogP contribution in [0.2, 0.25) is 0 Å². The van der Waals surface area contributed by atoms with Gasteiger partial charge in [0.25, 0.3) is 5.91 Å². The van der Waals surface area contributed by atoms with Crippen LogP contribution in [0.3, 0.4) is 0 Å². The van der Waals surface area contributed by atoms with Crippen LogP contribution in [0.1, 0.15) is 17.4 Å². The van der Waals surface area contributed by atoms with Gasteiger partial charge in [0.2, 0.25) is 5.91 Å². The molecule has 0 bridgehead atoms. The third-order valence-electron chi connectivity index (χ3n) is 1.58. The number of rotatable bonds is 2. The Hall–Kier alpha value is -1.78. The highest BCUT2D eigenvalue weighted by Crippen LogP contribution is 2.11. The van der Waals surface area contributed by atoms with Crippen LogP contribution in [0.25, 0.3) is 0 Å². The van der Waals surface area contributed by atoms with E-state index in [1.807, 2.05) is 0 Å². The fourth-order valence-electron chi connectivity index (χ4n) is 1.08. The summed E-state index contributed by atoms with van der Waals surface area (Å²) in [6.07, 6.45) is 1.63. The van der Waals surface area contributed by atoms with Crippen LogP contribution in [-0.2, 0) is 11.8 Å². The molecule has 0 aromatic carbocycles. The molecule has 0 spiro atoms. The number of aryl methyl sites for hydroxylation is 1. The summed E-state index contributed by atoms with van der Waals surface area (Å²) < 4.78 is 1.56. The topological polar surface area (TPSA) is 77.1 Å². The molecule has 0 aliphatic heterocycles. The van der Waals surface area contributed by atoms with Crippen molar-refractivity contribution in [1.29, 1.82) is 0 Å². The number of nitrogens with one attached hydrogen (secondary N) is 1. The Kier molecular flexibility index (Phi) is 2.36. The van der Waals surface area contributed by atoms with Gasteiger partial charge in [0.05, 0.1) is 5.69 Å². The van der Waals surface area contributed by atoms with E-state index in [0.29, 0.717) is 11.4 Å².